The molecule has 17 heavy (non-hydrogen) atoms. The molecule has 0 aromatic heterocycles. The minimum absolute atomic E-state index is 0.390. The van der Waals surface area contributed by atoms with E-state index in [0.29, 0.717) is 0 Å². The van der Waals surface area contributed by atoms with Crippen LogP contribution in [0.3, 0.4) is 0 Å². The highest BCUT2D eigenvalue weighted by Crippen LogP contribution is 2.15. The molecule has 11 heteroatoms. The van der Waals surface area contributed by atoms with E-state index in [9.17, 15) is 23.4 Å². The second kappa shape index (κ2) is 5.79. The third-order valence-corrected chi connectivity index (χ3v) is 2.30. The Kier molecular flexibility index (Phi) is 5.57. The van der Waals surface area contributed by atoms with Crippen LogP contribution in [-0.4, -0.2) is 70.3 Å². The summed E-state index contributed by atoms with van der Waals surface area (Å²) in [5.41, 5.74) is 1.99. The Balaban J connectivity index is 5.04. The molecular formula is C6H13NO9S. The van der Waals surface area contributed by atoms with Crippen LogP contribution >= 0.6 is 0 Å². The first kappa shape index (κ1) is 16.3. The second-order valence-electron chi connectivity index (χ2n) is 3.17. The predicted octanol–water partition coefficient (Wildman–Crippen LogP) is -4.27. The van der Waals surface area contributed by atoms with Gasteiger partial charge in [0.05, 0.1) is 6.61 Å². The van der Waals surface area contributed by atoms with Crippen molar-refractivity contribution in [3.63, 3.8) is 0 Å². The zero-order valence-corrected chi connectivity index (χ0v) is 9.19. The average molecular weight is 275 g/mol. The highest BCUT2D eigenvalue weighted by Gasteiger charge is 2.45. The first-order valence-electron chi connectivity index (χ1n) is 4.15. The van der Waals surface area contributed by atoms with E-state index in [0.717, 1.165) is 0 Å². The maximum absolute atomic E-state index is 10.5. The normalized spacial score (nSPS) is 21.3. The van der Waals surface area contributed by atoms with Gasteiger partial charge >= 0.3 is 10.4 Å². The van der Waals surface area contributed by atoms with Gasteiger partial charge in [0, 0.05) is 0 Å². The standard InChI is InChI=1S/C6H13NO9S/c7-6(2-9,16-17(13,14)15)5(12)4(11)3(10)1-8/h2-5,8,10-12H,1,7H2,(H,13,14,15)/t3-,4+,5+,6-/m1/s1. The molecule has 0 bridgehead atoms. The van der Waals surface area contributed by atoms with Crippen LogP contribution in [-0.2, 0) is 19.4 Å². The fraction of sp³-hybridized carbons (Fsp3) is 0.833. The third-order valence-electron chi connectivity index (χ3n) is 1.80. The Morgan fingerprint density at radius 2 is 1.82 bits per heavy atom. The molecular weight excluding hydrogens is 262 g/mol. The molecule has 7 N–H and O–H groups in total. The van der Waals surface area contributed by atoms with E-state index in [-0.39, 0.29) is 0 Å². The van der Waals surface area contributed by atoms with Crippen molar-refractivity contribution in [2.24, 2.45) is 5.73 Å². The van der Waals surface area contributed by atoms with Crippen molar-refractivity contribution in [2.45, 2.75) is 24.0 Å². The minimum atomic E-state index is -5.18. The summed E-state index contributed by atoms with van der Waals surface area (Å²) >= 11 is 0. The number of hydrogen-bond acceptors (Lipinski definition) is 9. The summed E-state index contributed by atoms with van der Waals surface area (Å²) in [5.74, 6) is 0. The van der Waals surface area contributed by atoms with Gasteiger partial charge in [0.15, 0.2) is 6.29 Å². The van der Waals surface area contributed by atoms with Crippen molar-refractivity contribution in [2.75, 3.05) is 6.61 Å². The number of aldehydes is 1. The maximum Gasteiger partial charge on any atom is 0.399 e. The zero-order valence-electron chi connectivity index (χ0n) is 8.37. The lowest BCUT2D eigenvalue weighted by Gasteiger charge is -2.31. The van der Waals surface area contributed by atoms with Crippen molar-refractivity contribution >= 4 is 16.7 Å². The van der Waals surface area contributed by atoms with E-state index in [1.807, 2.05) is 0 Å². The largest absolute Gasteiger partial charge is 0.399 e. The van der Waals surface area contributed by atoms with Gasteiger partial charge in [0.2, 0.25) is 5.72 Å². The van der Waals surface area contributed by atoms with E-state index < -0.39 is 47.3 Å². The molecule has 0 fully saturated rings. The molecule has 102 valence electrons. The van der Waals surface area contributed by atoms with Gasteiger partial charge < -0.3 is 20.4 Å². The quantitative estimate of drug-likeness (QED) is 0.151. The summed E-state index contributed by atoms with van der Waals surface area (Å²) in [6.45, 7) is -0.987. The van der Waals surface area contributed by atoms with Crippen LogP contribution in [0.4, 0.5) is 0 Å². The molecule has 0 amide bonds. The molecule has 0 spiro atoms. The maximum atomic E-state index is 10.5. The van der Waals surface area contributed by atoms with Gasteiger partial charge in [-0.15, -0.1) is 0 Å². The summed E-state index contributed by atoms with van der Waals surface area (Å²) in [6.07, 6.45) is -6.85. The molecule has 0 heterocycles. The van der Waals surface area contributed by atoms with Crippen molar-refractivity contribution < 1.29 is 42.4 Å². The lowest BCUT2D eigenvalue weighted by atomic mass is 10.00. The van der Waals surface area contributed by atoms with E-state index in [1.54, 1.807) is 0 Å². The lowest BCUT2D eigenvalue weighted by molar-refractivity contribution is -0.156. The molecule has 0 aliphatic carbocycles. The van der Waals surface area contributed by atoms with E-state index in [2.05, 4.69) is 4.18 Å². The molecule has 10 nitrogen and oxygen atoms in total. The number of aliphatic hydroxyl groups is 4. The van der Waals surface area contributed by atoms with Crippen LogP contribution in [0, 0.1) is 0 Å². The van der Waals surface area contributed by atoms with Gasteiger partial charge in [-0.05, 0) is 0 Å². The zero-order chi connectivity index (χ0) is 13.9. The molecule has 0 aromatic rings. The van der Waals surface area contributed by atoms with Gasteiger partial charge in [0.25, 0.3) is 0 Å². The molecule has 0 rings (SSSR count). The van der Waals surface area contributed by atoms with Crippen LogP contribution in [0.1, 0.15) is 0 Å². The van der Waals surface area contributed by atoms with Crippen molar-refractivity contribution in [3.05, 3.63) is 0 Å². The molecule has 4 atom stereocenters. The number of carbonyl (C=O) groups is 1. The number of nitrogens with two attached hydrogens (primary N) is 1. The monoisotopic (exact) mass is 275 g/mol. The molecule has 0 aliphatic heterocycles. The van der Waals surface area contributed by atoms with Crippen LogP contribution in [0.5, 0.6) is 0 Å². The minimum Gasteiger partial charge on any atom is -0.394 e. The topological polar surface area (TPSA) is 188 Å². The lowest BCUT2D eigenvalue weighted by Crippen LogP contribution is -2.62. The molecule has 0 aromatic carbocycles. The molecule has 0 aliphatic rings. The van der Waals surface area contributed by atoms with Crippen LogP contribution in [0.2, 0.25) is 0 Å². The highest BCUT2D eigenvalue weighted by atomic mass is 32.3. The average Bonchev–Trinajstić information content (AvgIpc) is 2.23. The van der Waals surface area contributed by atoms with Crippen LogP contribution in [0.25, 0.3) is 0 Å². The van der Waals surface area contributed by atoms with Gasteiger partial charge in [-0.25, -0.2) is 4.18 Å². The van der Waals surface area contributed by atoms with E-state index in [4.69, 9.17) is 20.5 Å². The molecule has 0 saturated heterocycles. The Hall–Kier alpha value is -0.660. The smallest absolute Gasteiger partial charge is 0.394 e. The van der Waals surface area contributed by atoms with Gasteiger partial charge in [-0.3, -0.25) is 15.1 Å². The predicted molar refractivity (Wildman–Crippen MR) is 50.7 cm³/mol. The third kappa shape index (κ3) is 4.61. The van der Waals surface area contributed by atoms with Crippen molar-refractivity contribution in [1.29, 1.82) is 0 Å². The first-order chi connectivity index (χ1) is 7.57. The van der Waals surface area contributed by atoms with E-state index in [1.165, 1.54) is 0 Å². The summed E-state index contributed by atoms with van der Waals surface area (Å²) < 4.78 is 32.7. The number of hydrogen-bond donors (Lipinski definition) is 6. The summed E-state index contributed by atoms with van der Waals surface area (Å²) in [7, 11) is -5.18. The number of carbonyl (C=O) groups excluding carboxylic acids is 1. The number of aliphatic hydroxyl groups excluding tert-OH is 4. The fourth-order valence-corrected chi connectivity index (χ4v) is 1.41. The SMILES string of the molecule is N[C@](C=O)(OS(=O)(=O)O)[C@@H](O)[C@@H](O)[C@H](O)CO. The summed E-state index contributed by atoms with van der Waals surface area (Å²) in [6, 6.07) is 0. The van der Waals surface area contributed by atoms with E-state index >= 15 is 0 Å². The Labute approximate surface area is 96.2 Å². The summed E-state index contributed by atoms with van der Waals surface area (Å²) in [4.78, 5) is 10.5. The van der Waals surface area contributed by atoms with Gasteiger partial charge in [0.1, 0.15) is 18.3 Å². The molecule has 0 saturated carbocycles. The Bertz CT molecular complexity index is 356. The fourth-order valence-electron chi connectivity index (χ4n) is 0.906. The molecule has 0 radical (unpaired) electrons. The van der Waals surface area contributed by atoms with Crippen LogP contribution < -0.4 is 5.73 Å². The van der Waals surface area contributed by atoms with Gasteiger partial charge in [-0.1, -0.05) is 0 Å². The summed E-state index contributed by atoms with van der Waals surface area (Å²) in [5, 5.41) is 35.9. The van der Waals surface area contributed by atoms with Gasteiger partial charge in [-0.2, -0.15) is 8.42 Å². The Morgan fingerprint density at radius 1 is 1.35 bits per heavy atom. The Morgan fingerprint density at radius 3 is 2.12 bits per heavy atom. The number of rotatable bonds is 7. The highest BCUT2D eigenvalue weighted by molar-refractivity contribution is 7.81. The van der Waals surface area contributed by atoms with Crippen LogP contribution in [0.15, 0.2) is 0 Å². The van der Waals surface area contributed by atoms with Crippen molar-refractivity contribution in [1.82, 2.24) is 0 Å². The second-order valence-corrected chi connectivity index (χ2v) is 4.19. The first-order valence-corrected chi connectivity index (χ1v) is 5.52. The van der Waals surface area contributed by atoms with Crippen molar-refractivity contribution in [3.8, 4) is 0 Å². The molecule has 0 unspecified atom stereocenters.